The van der Waals surface area contributed by atoms with E-state index in [1.807, 2.05) is 45.0 Å². The van der Waals surface area contributed by atoms with Crippen LogP contribution in [-0.4, -0.2) is 36.0 Å². The fraction of sp³-hybridized carbons (Fsp3) is 0.556. The molecule has 2 rings (SSSR count). The van der Waals surface area contributed by atoms with E-state index in [9.17, 15) is 9.59 Å². The number of benzene rings is 1. The normalized spacial score (nSPS) is 21.8. The van der Waals surface area contributed by atoms with Gasteiger partial charge in [0, 0.05) is 29.9 Å². The van der Waals surface area contributed by atoms with Crippen LogP contribution in [-0.2, 0) is 14.9 Å². The van der Waals surface area contributed by atoms with Gasteiger partial charge >= 0.3 is 6.09 Å². The zero-order chi connectivity index (χ0) is 17.1. The lowest BCUT2D eigenvalue weighted by Gasteiger charge is -2.42. The van der Waals surface area contributed by atoms with Gasteiger partial charge in [-0.3, -0.25) is 0 Å². The second kappa shape index (κ2) is 6.91. The molecule has 0 aliphatic carbocycles. The van der Waals surface area contributed by atoms with E-state index in [4.69, 9.17) is 16.3 Å². The zero-order valence-electron chi connectivity index (χ0n) is 14.0. The van der Waals surface area contributed by atoms with Crippen molar-refractivity contribution in [2.24, 2.45) is 0 Å². The lowest BCUT2D eigenvalue weighted by Crippen LogP contribution is -2.50. The third-order valence-corrected chi connectivity index (χ3v) is 4.41. The molecule has 0 N–H and O–H groups in total. The summed E-state index contributed by atoms with van der Waals surface area (Å²) in [5.41, 5.74) is 0.158. The highest BCUT2D eigenvalue weighted by Gasteiger charge is 2.39. The van der Waals surface area contributed by atoms with Crippen LogP contribution in [0.15, 0.2) is 24.3 Å². The summed E-state index contributed by atoms with van der Waals surface area (Å²) < 4.78 is 5.48. The molecule has 1 aromatic carbocycles. The Morgan fingerprint density at radius 1 is 1.35 bits per heavy atom. The second-order valence-electron chi connectivity index (χ2n) is 7.16. The first-order valence-electron chi connectivity index (χ1n) is 7.93. The van der Waals surface area contributed by atoms with Crippen LogP contribution in [0.25, 0.3) is 0 Å². The van der Waals surface area contributed by atoms with E-state index in [1.165, 1.54) is 0 Å². The maximum absolute atomic E-state index is 12.4. The quantitative estimate of drug-likeness (QED) is 0.777. The van der Waals surface area contributed by atoms with Crippen molar-refractivity contribution in [3.05, 3.63) is 34.9 Å². The van der Waals surface area contributed by atoms with Gasteiger partial charge in [-0.25, -0.2) is 4.79 Å². The van der Waals surface area contributed by atoms with Gasteiger partial charge in [-0.2, -0.15) is 0 Å². The number of ether oxygens (including phenoxy) is 1. The number of amides is 1. The number of halogens is 1. The molecule has 0 bridgehead atoms. The summed E-state index contributed by atoms with van der Waals surface area (Å²) in [7, 11) is 0. The van der Waals surface area contributed by atoms with Crippen molar-refractivity contribution in [1.82, 2.24) is 4.90 Å². The smallest absolute Gasteiger partial charge is 0.410 e. The molecule has 0 aromatic heterocycles. The number of carbonyl (C=O) groups is 2. The van der Waals surface area contributed by atoms with Gasteiger partial charge in [0.2, 0.25) is 0 Å². The Morgan fingerprint density at radius 2 is 2.00 bits per heavy atom. The lowest BCUT2D eigenvalue weighted by molar-refractivity contribution is -0.109. The number of likely N-dealkylation sites (tertiary alicyclic amines) is 1. The number of piperidine rings is 1. The minimum atomic E-state index is -0.526. The molecule has 0 saturated carbocycles. The maximum atomic E-state index is 12.4. The number of hydrogen-bond acceptors (Lipinski definition) is 3. The Bertz CT molecular complexity index is 565. The highest BCUT2D eigenvalue weighted by molar-refractivity contribution is 6.30. The molecule has 1 fully saturated rings. The van der Waals surface area contributed by atoms with Gasteiger partial charge in [0.05, 0.1) is 0 Å². The van der Waals surface area contributed by atoms with E-state index in [-0.39, 0.29) is 11.5 Å². The van der Waals surface area contributed by atoms with E-state index >= 15 is 0 Å². The Balaban J connectivity index is 2.24. The summed E-state index contributed by atoms with van der Waals surface area (Å²) in [5, 5.41) is 0.662. The molecule has 23 heavy (non-hydrogen) atoms. The molecule has 1 unspecified atom stereocenters. The first kappa shape index (κ1) is 17.8. The number of aldehydes is 1. The van der Waals surface area contributed by atoms with Gasteiger partial charge in [-0.15, -0.1) is 0 Å². The molecule has 1 aliphatic rings. The van der Waals surface area contributed by atoms with Crippen LogP contribution >= 0.6 is 11.6 Å². The van der Waals surface area contributed by atoms with E-state index in [1.54, 1.807) is 4.90 Å². The number of nitrogens with zero attached hydrogens (tertiary/aromatic N) is 1. The summed E-state index contributed by atoms with van der Waals surface area (Å²) in [4.78, 5) is 25.4. The Hall–Kier alpha value is -1.55. The molecule has 4 nitrogen and oxygen atoms in total. The molecule has 1 aromatic rings. The Labute approximate surface area is 142 Å². The van der Waals surface area contributed by atoms with E-state index in [2.05, 4.69) is 0 Å². The average Bonchev–Trinajstić information content (AvgIpc) is 2.46. The van der Waals surface area contributed by atoms with Crippen LogP contribution in [0.1, 0.15) is 45.6 Å². The third-order valence-electron chi connectivity index (χ3n) is 4.16. The molecule has 1 heterocycles. The van der Waals surface area contributed by atoms with Crippen molar-refractivity contribution in [1.29, 1.82) is 0 Å². The fourth-order valence-corrected chi connectivity index (χ4v) is 3.22. The molecular formula is C18H24ClNO3. The second-order valence-corrected chi connectivity index (χ2v) is 7.60. The summed E-state index contributed by atoms with van der Waals surface area (Å²) in [5.74, 6) is 0. The molecule has 1 saturated heterocycles. The minimum absolute atomic E-state index is 0.318. The number of carbonyl (C=O) groups excluding carboxylic acids is 2. The highest BCUT2D eigenvalue weighted by Crippen LogP contribution is 2.37. The maximum Gasteiger partial charge on any atom is 0.410 e. The topological polar surface area (TPSA) is 46.6 Å². The fourth-order valence-electron chi connectivity index (χ4n) is 3.10. The van der Waals surface area contributed by atoms with Crippen molar-refractivity contribution in [3.8, 4) is 0 Å². The standard InChI is InChI=1S/C18H24ClNO3/c1-17(2,3)23-16(22)20-11-4-9-18(13-20,10-12-21)14-5-7-15(19)8-6-14/h5-8,12H,4,9-11,13H2,1-3H3. The van der Waals surface area contributed by atoms with E-state index in [0.29, 0.717) is 24.5 Å². The van der Waals surface area contributed by atoms with Crippen molar-refractivity contribution in [3.63, 3.8) is 0 Å². The third kappa shape index (κ3) is 4.47. The average molecular weight is 338 g/mol. The van der Waals surface area contributed by atoms with E-state index in [0.717, 1.165) is 24.7 Å². The molecule has 1 atom stereocenters. The van der Waals surface area contributed by atoms with Gasteiger partial charge in [0.25, 0.3) is 0 Å². The minimum Gasteiger partial charge on any atom is -0.444 e. The summed E-state index contributed by atoms with van der Waals surface area (Å²) >= 11 is 5.97. The SMILES string of the molecule is CC(C)(C)OC(=O)N1CCCC(CC=O)(c2ccc(Cl)cc2)C1. The first-order valence-corrected chi connectivity index (χ1v) is 8.31. The van der Waals surface area contributed by atoms with Gasteiger partial charge in [0.1, 0.15) is 11.9 Å². The van der Waals surface area contributed by atoms with Crippen molar-refractivity contribution >= 4 is 24.0 Å². The predicted octanol–water partition coefficient (Wildman–Crippen LogP) is 4.20. The Kier molecular flexibility index (Phi) is 5.35. The number of rotatable bonds is 3. The molecule has 0 spiro atoms. The van der Waals surface area contributed by atoms with Crippen molar-refractivity contribution in [2.45, 2.75) is 51.0 Å². The van der Waals surface area contributed by atoms with Crippen molar-refractivity contribution < 1.29 is 14.3 Å². The lowest BCUT2D eigenvalue weighted by atomic mass is 9.72. The molecule has 5 heteroatoms. The van der Waals surface area contributed by atoms with E-state index < -0.39 is 5.60 Å². The monoisotopic (exact) mass is 337 g/mol. The van der Waals surface area contributed by atoms with Crippen LogP contribution < -0.4 is 0 Å². The summed E-state index contributed by atoms with van der Waals surface area (Å²) in [6, 6.07) is 7.56. The highest BCUT2D eigenvalue weighted by atomic mass is 35.5. The molecule has 1 aliphatic heterocycles. The first-order chi connectivity index (χ1) is 10.8. The zero-order valence-corrected chi connectivity index (χ0v) is 14.7. The van der Waals surface area contributed by atoms with Crippen LogP contribution in [0, 0.1) is 0 Å². The van der Waals surface area contributed by atoms with Crippen LogP contribution in [0.2, 0.25) is 5.02 Å². The van der Waals surface area contributed by atoms with Crippen LogP contribution in [0.3, 0.4) is 0 Å². The summed E-state index contributed by atoms with van der Waals surface area (Å²) in [6.45, 7) is 6.71. The molecular weight excluding hydrogens is 314 g/mol. The van der Waals surface area contributed by atoms with Crippen LogP contribution in [0.4, 0.5) is 4.79 Å². The van der Waals surface area contributed by atoms with Crippen molar-refractivity contribution in [2.75, 3.05) is 13.1 Å². The van der Waals surface area contributed by atoms with Crippen LogP contribution in [0.5, 0.6) is 0 Å². The largest absolute Gasteiger partial charge is 0.444 e. The predicted molar refractivity (Wildman–Crippen MR) is 90.9 cm³/mol. The summed E-state index contributed by atoms with van der Waals surface area (Å²) in [6.07, 6.45) is 2.71. The van der Waals surface area contributed by atoms with Gasteiger partial charge in [-0.05, 0) is 51.3 Å². The van der Waals surface area contributed by atoms with Gasteiger partial charge < -0.3 is 14.4 Å². The molecule has 1 amide bonds. The molecule has 0 radical (unpaired) electrons. The van der Waals surface area contributed by atoms with Gasteiger partial charge in [-0.1, -0.05) is 23.7 Å². The van der Waals surface area contributed by atoms with Gasteiger partial charge in [0.15, 0.2) is 0 Å². The number of hydrogen-bond donors (Lipinski definition) is 0. The Morgan fingerprint density at radius 3 is 2.57 bits per heavy atom. The molecule has 126 valence electrons.